The van der Waals surface area contributed by atoms with Crippen molar-refractivity contribution in [1.82, 2.24) is 15.0 Å². The molecule has 1 atom stereocenters. The molecule has 0 aliphatic carbocycles. The smallest absolute Gasteiger partial charge is 0.239 e. The number of carbonyl (C=O) groups excluding carboxylic acids is 1. The summed E-state index contributed by atoms with van der Waals surface area (Å²) in [4.78, 5) is 25.0. The maximum absolute atomic E-state index is 12.7. The van der Waals surface area contributed by atoms with Crippen molar-refractivity contribution in [3.05, 3.63) is 42.5 Å². The third kappa shape index (κ3) is 3.77. The number of ether oxygens (including phenoxy) is 1. The Labute approximate surface area is 164 Å². The maximum atomic E-state index is 12.7. The molecule has 6 nitrogen and oxygen atoms in total. The number of hydrogen-bond donors (Lipinski definition) is 2. The van der Waals surface area contributed by atoms with E-state index in [-0.39, 0.29) is 11.2 Å². The average Bonchev–Trinajstić information content (AvgIpc) is 3.27. The molecule has 4 aromatic rings. The molecule has 1 unspecified atom stereocenters. The van der Waals surface area contributed by atoms with Crippen LogP contribution in [0.3, 0.4) is 0 Å². The second-order valence-corrected chi connectivity index (χ2v) is 8.14. The molecule has 2 N–H and O–H groups in total. The van der Waals surface area contributed by atoms with Crippen molar-refractivity contribution in [2.24, 2.45) is 0 Å². The number of thiazole rings is 1. The number of anilines is 1. The topological polar surface area (TPSA) is 79.9 Å². The summed E-state index contributed by atoms with van der Waals surface area (Å²) in [6.45, 7) is 1.99. The zero-order chi connectivity index (χ0) is 18.8. The maximum Gasteiger partial charge on any atom is 0.239 e. The molecule has 2 heterocycles. The zero-order valence-electron chi connectivity index (χ0n) is 14.9. The van der Waals surface area contributed by atoms with Gasteiger partial charge >= 0.3 is 0 Å². The number of aromatic nitrogens is 3. The highest BCUT2D eigenvalue weighted by Gasteiger charge is 2.21. The Morgan fingerprint density at radius 1 is 1.26 bits per heavy atom. The summed E-state index contributed by atoms with van der Waals surface area (Å²) in [6.07, 6.45) is 0.687. The molecular formula is C19H18N4O2S2. The fourth-order valence-corrected chi connectivity index (χ4v) is 4.53. The third-order valence-electron chi connectivity index (χ3n) is 4.11. The van der Waals surface area contributed by atoms with Crippen LogP contribution in [0.2, 0.25) is 0 Å². The highest BCUT2D eigenvalue weighted by molar-refractivity contribution is 8.00. The van der Waals surface area contributed by atoms with Crippen molar-refractivity contribution in [3.8, 4) is 5.75 Å². The van der Waals surface area contributed by atoms with E-state index in [0.717, 1.165) is 32.2 Å². The number of fused-ring (bicyclic) bond motifs is 2. The fraction of sp³-hybridized carbons (Fsp3) is 0.211. The molecule has 0 fully saturated rings. The van der Waals surface area contributed by atoms with Gasteiger partial charge in [-0.25, -0.2) is 9.97 Å². The Morgan fingerprint density at radius 2 is 2.11 bits per heavy atom. The molecule has 0 aliphatic rings. The van der Waals surface area contributed by atoms with E-state index in [1.54, 1.807) is 7.11 Å². The first kappa shape index (κ1) is 17.8. The first-order chi connectivity index (χ1) is 13.2. The number of nitrogens with zero attached hydrogens (tertiary/aromatic N) is 2. The van der Waals surface area contributed by atoms with Crippen molar-refractivity contribution in [3.63, 3.8) is 0 Å². The van der Waals surface area contributed by atoms with Crippen LogP contribution >= 0.6 is 23.1 Å². The summed E-state index contributed by atoms with van der Waals surface area (Å²) in [5.74, 6) is 0.699. The minimum atomic E-state index is -0.257. The predicted octanol–water partition coefficient (Wildman–Crippen LogP) is 4.69. The van der Waals surface area contributed by atoms with Gasteiger partial charge in [-0.15, -0.1) is 0 Å². The molecule has 0 spiro atoms. The van der Waals surface area contributed by atoms with Gasteiger partial charge in [0, 0.05) is 0 Å². The molecule has 4 rings (SSSR count). The highest BCUT2D eigenvalue weighted by Crippen LogP contribution is 2.31. The molecule has 2 aromatic carbocycles. The number of rotatable bonds is 6. The Kier molecular flexibility index (Phi) is 5.00. The molecule has 0 radical (unpaired) electrons. The van der Waals surface area contributed by atoms with Crippen LogP contribution in [-0.2, 0) is 4.79 Å². The molecule has 8 heteroatoms. The summed E-state index contributed by atoms with van der Waals surface area (Å²) >= 11 is 2.87. The van der Waals surface area contributed by atoms with Gasteiger partial charge < -0.3 is 15.0 Å². The lowest BCUT2D eigenvalue weighted by atomic mass is 10.3. The van der Waals surface area contributed by atoms with E-state index in [1.165, 1.54) is 23.1 Å². The summed E-state index contributed by atoms with van der Waals surface area (Å²) in [7, 11) is 1.63. The number of aromatic amines is 1. The molecule has 138 valence electrons. The summed E-state index contributed by atoms with van der Waals surface area (Å²) < 4.78 is 6.21. The first-order valence-corrected chi connectivity index (χ1v) is 10.2. The van der Waals surface area contributed by atoms with Gasteiger partial charge in [0.05, 0.1) is 33.6 Å². The van der Waals surface area contributed by atoms with Crippen LogP contribution in [-0.4, -0.2) is 33.2 Å². The molecule has 2 aromatic heterocycles. The molecule has 27 heavy (non-hydrogen) atoms. The Hall–Kier alpha value is -2.58. The van der Waals surface area contributed by atoms with Gasteiger partial charge in [-0.05, 0) is 36.8 Å². The Bertz CT molecular complexity index is 1070. The molecule has 0 aliphatic heterocycles. The van der Waals surface area contributed by atoms with Crippen LogP contribution < -0.4 is 10.1 Å². The van der Waals surface area contributed by atoms with Crippen molar-refractivity contribution < 1.29 is 9.53 Å². The van der Waals surface area contributed by atoms with Crippen LogP contribution in [0.4, 0.5) is 5.13 Å². The first-order valence-electron chi connectivity index (χ1n) is 8.53. The molecular weight excluding hydrogens is 380 g/mol. The highest BCUT2D eigenvalue weighted by atomic mass is 32.2. The quantitative estimate of drug-likeness (QED) is 0.461. The second-order valence-electron chi connectivity index (χ2n) is 5.92. The van der Waals surface area contributed by atoms with Crippen LogP contribution in [0.5, 0.6) is 5.75 Å². The number of amides is 1. The van der Waals surface area contributed by atoms with Crippen molar-refractivity contribution in [2.45, 2.75) is 23.8 Å². The average molecular weight is 399 g/mol. The van der Waals surface area contributed by atoms with E-state index in [0.29, 0.717) is 11.6 Å². The minimum absolute atomic E-state index is 0.0750. The van der Waals surface area contributed by atoms with E-state index in [1.807, 2.05) is 49.4 Å². The van der Waals surface area contributed by atoms with Gasteiger partial charge in [0.2, 0.25) is 5.91 Å². The SMILES string of the molecule is CCC(Sc1nc2ccccc2[nH]1)C(=O)Nc1nc2ccc(OC)cc2s1. The number of imidazole rings is 1. The van der Waals surface area contributed by atoms with Gasteiger partial charge in [0.25, 0.3) is 0 Å². The number of nitrogens with one attached hydrogen (secondary N) is 2. The number of carbonyl (C=O) groups is 1. The van der Waals surface area contributed by atoms with E-state index in [4.69, 9.17) is 4.74 Å². The lowest BCUT2D eigenvalue weighted by Crippen LogP contribution is -2.24. The van der Waals surface area contributed by atoms with E-state index in [2.05, 4.69) is 20.3 Å². The van der Waals surface area contributed by atoms with Crippen LogP contribution in [0.15, 0.2) is 47.6 Å². The lowest BCUT2D eigenvalue weighted by Gasteiger charge is -2.11. The zero-order valence-corrected chi connectivity index (χ0v) is 16.5. The standard InChI is InChI=1S/C19H18N4O2S2/c1-3-15(26-18-20-12-6-4-5-7-13(12)21-18)17(24)23-19-22-14-9-8-11(25-2)10-16(14)27-19/h4-10,15H,3H2,1-2H3,(H,20,21)(H,22,23,24). The van der Waals surface area contributed by atoms with E-state index in [9.17, 15) is 4.79 Å². The molecule has 1 amide bonds. The summed E-state index contributed by atoms with van der Waals surface area (Å²) in [5.41, 5.74) is 2.71. The van der Waals surface area contributed by atoms with Gasteiger partial charge in [0.1, 0.15) is 5.75 Å². The van der Waals surface area contributed by atoms with Crippen molar-refractivity contribution >= 4 is 55.4 Å². The second kappa shape index (κ2) is 7.58. The normalized spacial score (nSPS) is 12.4. The molecule has 0 bridgehead atoms. The van der Waals surface area contributed by atoms with E-state index < -0.39 is 0 Å². The molecule has 0 saturated heterocycles. The van der Waals surface area contributed by atoms with Gasteiger partial charge in [-0.3, -0.25) is 4.79 Å². The van der Waals surface area contributed by atoms with Crippen LogP contribution in [0.25, 0.3) is 21.3 Å². The number of methoxy groups -OCH3 is 1. The number of hydrogen-bond acceptors (Lipinski definition) is 6. The number of benzene rings is 2. The summed E-state index contributed by atoms with van der Waals surface area (Å²) in [6, 6.07) is 13.5. The molecule has 0 saturated carbocycles. The largest absolute Gasteiger partial charge is 0.497 e. The summed E-state index contributed by atoms with van der Waals surface area (Å²) in [5, 5.41) is 4.01. The number of H-pyrrole nitrogens is 1. The van der Waals surface area contributed by atoms with Gasteiger partial charge in [-0.2, -0.15) is 0 Å². The van der Waals surface area contributed by atoms with Gasteiger partial charge in [-0.1, -0.05) is 42.2 Å². The lowest BCUT2D eigenvalue weighted by molar-refractivity contribution is -0.115. The Morgan fingerprint density at radius 3 is 2.89 bits per heavy atom. The fourth-order valence-electron chi connectivity index (χ4n) is 2.71. The number of para-hydroxylation sites is 2. The van der Waals surface area contributed by atoms with Crippen LogP contribution in [0, 0.1) is 0 Å². The van der Waals surface area contributed by atoms with Crippen molar-refractivity contribution in [1.29, 1.82) is 0 Å². The predicted molar refractivity (Wildman–Crippen MR) is 111 cm³/mol. The van der Waals surface area contributed by atoms with E-state index >= 15 is 0 Å². The minimum Gasteiger partial charge on any atom is -0.497 e. The van der Waals surface area contributed by atoms with Crippen LogP contribution in [0.1, 0.15) is 13.3 Å². The third-order valence-corrected chi connectivity index (χ3v) is 6.29. The number of thioether (sulfide) groups is 1. The Balaban J connectivity index is 1.49. The monoisotopic (exact) mass is 398 g/mol. The van der Waals surface area contributed by atoms with Crippen molar-refractivity contribution in [2.75, 3.05) is 12.4 Å². The van der Waals surface area contributed by atoms with Gasteiger partial charge in [0.15, 0.2) is 10.3 Å².